The largest absolute Gasteiger partial charge is 0.497 e. The standard InChI is InChI=1S/C18H29NO3/c1-3-4-9-18(20,10-11-19-12-14-22-15-13-19)16-5-7-17(21-2)8-6-16/h5-8,20H,3-4,9-15H2,1-2H3. The molecule has 1 N–H and O–H groups in total. The topological polar surface area (TPSA) is 41.9 Å². The average Bonchev–Trinajstić information content (AvgIpc) is 2.59. The van der Waals surface area contributed by atoms with Gasteiger partial charge in [0, 0.05) is 19.6 Å². The molecule has 22 heavy (non-hydrogen) atoms. The van der Waals surface area contributed by atoms with Crippen LogP contribution in [0.3, 0.4) is 0 Å². The molecule has 1 aliphatic rings. The molecule has 0 bridgehead atoms. The number of ether oxygens (including phenoxy) is 2. The Bertz CT molecular complexity index is 428. The molecule has 1 unspecified atom stereocenters. The van der Waals surface area contributed by atoms with E-state index in [0.29, 0.717) is 0 Å². The maximum absolute atomic E-state index is 11.2. The Morgan fingerprint density at radius 1 is 1.18 bits per heavy atom. The quantitative estimate of drug-likeness (QED) is 0.802. The zero-order valence-electron chi connectivity index (χ0n) is 13.9. The molecule has 0 amide bonds. The Labute approximate surface area is 134 Å². The first-order valence-electron chi connectivity index (χ1n) is 8.35. The number of morpholine rings is 1. The third-order valence-electron chi connectivity index (χ3n) is 4.52. The normalized spacial score (nSPS) is 18.9. The molecule has 4 heteroatoms. The summed E-state index contributed by atoms with van der Waals surface area (Å²) in [5, 5.41) is 11.2. The van der Waals surface area contributed by atoms with Crippen molar-refractivity contribution in [3.05, 3.63) is 29.8 Å². The van der Waals surface area contributed by atoms with E-state index in [2.05, 4.69) is 11.8 Å². The molecule has 2 rings (SSSR count). The second kappa shape index (κ2) is 8.51. The Morgan fingerprint density at radius 3 is 2.45 bits per heavy atom. The van der Waals surface area contributed by atoms with Gasteiger partial charge in [-0.2, -0.15) is 0 Å². The van der Waals surface area contributed by atoms with Crippen LogP contribution in [0.25, 0.3) is 0 Å². The van der Waals surface area contributed by atoms with Crippen LogP contribution in [0, 0.1) is 0 Å². The van der Waals surface area contributed by atoms with E-state index in [1.54, 1.807) is 7.11 Å². The van der Waals surface area contributed by atoms with Gasteiger partial charge in [-0.1, -0.05) is 31.9 Å². The van der Waals surface area contributed by atoms with Crippen LogP contribution in [0.5, 0.6) is 5.75 Å². The number of rotatable bonds is 8. The number of benzene rings is 1. The number of unbranched alkanes of at least 4 members (excludes halogenated alkanes) is 1. The zero-order chi connectivity index (χ0) is 15.8. The Morgan fingerprint density at radius 2 is 1.86 bits per heavy atom. The monoisotopic (exact) mass is 307 g/mol. The lowest BCUT2D eigenvalue weighted by Gasteiger charge is -2.33. The first-order valence-corrected chi connectivity index (χ1v) is 8.35. The third-order valence-corrected chi connectivity index (χ3v) is 4.52. The Kier molecular flexibility index (Phi) is 6.68. The molecule has 1 aliphatic heterocycles. The smallest absolute Gasteiger partial charge is 0.118 e. The van der Waals surface area contributed by atoms with Crippen LogP contribution in [0.4, 0.5) is 0 Å². The predicted octanol–water partition coefficient (Wildman–Crippen LogP) is 2.80. The van der Waals surface area contributed by atoms with Gasteiger partial charge < -0.3 is 14.6 Å². The first kappa shape index (κ1) is 17.3. The molecule has 1 saturated heterocycles. The van der Waals surface area contributed by atoms with Gasteiger partial charge in [0.25, 0.3) is 0 Å². The molecule has 0 spiro atoms. The highest BCUT2D eigenvalue weighted by atomic mass is 16.5. The van der Waals surface area contributed by atoms with Gasteiger partial charge in [-0.05, 0) is 30.5 Å². The third kappa shape index (κ3) is 4.70. The van der Waals surface area contributed by atoms with Gasteiger partial charge in [0.1, 0.15) is 5.75 Å². The summed E-state index contributed by atoms with van der Waals surface area (Å²) in [5.41, 5.74) is 0.246. The van der Waals surface area contributed by atoms with Crippen molar-refractivity contribution >= 4 is 0 Å². The van der Waals surface area contributed by atoms with Crippen molar-refractivity contribution in [2.75, 3.05) is 40.0 Å². The number of hydrogen-bond acceptors (Lipinski definition) is 4. The van der Waals surface area contributed by atoms with Crippen LogP contribution in [0.1, 0.15) is 38.2 Å². The maximum atomic E-state index is 11.2. The fraction of sp³-hybridized carbons (Fsp3) is 0.667. The van der Waals surface area contributed by atoms with E-state index in [0.717, 1.165) is 69.8 Å². The van der Waals surface area contributed by atoms with Crippen LogP contribution in [-0.4, -0.2) is 50.0 Å². The van der Waals surface area contributed by atoms with Gasteiger partial charge in [-0.15, -0.1) is 0 Å². The molecule has 1 aromatic rings. The van der Waals surface area contributed by atoms with Gasteiger partial charge in [0.05, 0.1) is 25.9 Å². The van der Waals surface area contributed by atoms with Gasteiger partial charge in [0.2, 0.25) is 0 Å². The minimum atomic E-state index is -0.749. The van der Waals surface area contributed by atoms with E-state index in [4.69, 9.17) is 9.47 Å². The summed E-state index contributed by atoms with van der Waals surface area (Å²) < 4.78 is 10.6. The summed E-state index contributed by atoms with van der Waals surface area (Å²) in [5.74, 6) is 0.828. The highest BCUT2D eigenvalue weighted by molar-refractivity contribution is 5.30. The molecule has 4 nitrogen and oxygen atoms in total. The summed E-state index contributed by atoms with van der Waals surface area (Å²) in [4.78, 5) is 2.38. The van der Waals surface area contributed by atoms with E-state index in [-0.39, 0.29) is 0 Å². The second-order valence-corrected chi connectivity index (χ2v) is 6.07. The molecule has 1 aromatic carbocycles. The predicted molar refractivity (Wildman–Crippen MR) is 88.3 cm³/mol. The van der Waals surface area contributed by atoms with E-state index in [9.17, 15) is 5.11 Å². The summed E-state index contributed by atoms with van der Waals surface area (Å²) in [6, 6.07) is 7.85. The zero-order valence-corrected chi connectivity index (χ0v) is 13.9. The van der Waals surface area contributed by atoms with Crippen molar-refractivity contribution in [1.82, 2.24) is 4.90 Å². The van der Waals surface area contributed by atoms with Gasteiger partial charge >= 0.3 is 0 Å². The maximum Gasteiger partial charge on any atom is 0.118 e. The molecule has 0 radical (unpaired) electrons. The molecule has 1 atom stereocenters. The van der Waals surface area contributed by atoms with Crippen molar-refractivity contribution in [1.29, 1.82) is 0 Å². The first-order chi connectivity index (χ1) is 10.7. The molecular formula is C18H29NO3. The van der Waals surface area contributed by atoms with Crippen LogP contribution in [0.2, 0.25) is 0 Å². The Balaban J connectivity index is 2.03. The van der Waals surface area contributed by atoms with Crippen molar-refractivity contribution in [2.24, 2.45) is 0 Å². The number of methoxy groups -OCH3 is 1. The van der Waals surface area contributed by atoms with Crippen molar-refractivity contribution in [3.63, 3.8) is 0 Å². The van der Waals surface area contributed by atoms with E-state index in [1.807, 2.05) is 24.3 Å². The minimum Gasteiger partial charge on any atom is -0.497 e. The second-order valence-electron chi connectivity index (χ2n) is 6.07. The summed E-state index contributed by atoms with van der Waals surface area (Å²) in [7, 11) is 1.66. The van der Waals surface area contributed by atoms with E-state index < -0.39 is 5.60 Å². The molecule has 0 aliphatic carbocycles. The van der Waals surface area contributed by atoms with E-state index in [1.165, 1.54) is 0 Å². The fourth-order valence-corrected chi connectivity index (χ4v) is 2.95. The molecule has 0 saturated carbocycles. The van der Waals surface area contributed by atoms with Crippen LogP contribution in [-0.2, 0) is 10.3 Å². The van der Waals surface area contributed by atoms with Gasteiger partial charge in [-0.3, -0.25) is 4.90 Å². The highest BCUT2D eigenvalue weighted by Crippen LogP contribution is 2.32. The van der Waals surface area contributed by atoms with Crippen molar-refractivity contribution in [3.8, 4) is 5.75 Å². The number of aliphatic hydroxyl groups is 1. The lowest BCUT2D eigenvalue weighted by Crippen LogP contribution is -2.40. The molecular weight excluding hydrogens is 278 g/mol. The Hall–Kier alpha value is -1.10. The number of nitrogens with zero attached hydrogens (tertiary/aromatic N) is 1. The lowest BCUT2D eigenvalue weighted by atomic mass is 9.85. The minimum absolute atomic E-state index is 0.749. The van der Waals surface area contributed by atoms with Gasteiger partial charge in [-0.25, -0.2) is 0 Å². The average molecular weight is 307 g/mol. The van der Waals surface area contributed by atoms with Crippen molar-refractivity contribution < 1.29 is 14.6 Å². The molecule has 1 heterocycles. The van der Waals surface area contributed by atoms with Crippen molar-refractivity contribution in [2.45, 2.75) is 38.2 Å². The summed E-state index contributed by atoms with van der Waals surface area (Å²) >= 11 is 0. The highest BCUT2D eigenvalue weighted by Gasteiger charge is 2.29. The van der Waals surface area contributed by atoms with E-state index >= 15 is 0 Å². The molecule has 1 fully saturated rings. The van der Waals surface area contributed by atoms with Gasteiger partial charge in [0.15, 0.2) is 0 Å². The fourth-order valence-electron chi connectivity index (χ4n) is 2.95. The molecule has 124 valence electrons. The van der Waals surface area contributed by atoms with Crippen LogP contribution < -0.4 is 4.74 Å². The lowest BCUT2D eigenvalue weighted by molar-refractivity contribution is -0.0111. The summed E-state index contributed by atoms with van der Waals surface area (Å²) in [6.45, 7) is 6.61. The van der Waals surface area contributed by atoms with Crippen LogP contribution in [0.15, 0.2) is 24.3 Å². The SMILES string of the molecule is CCCCC(O)(CCN1CCOCC1)c1ccc(OC)cc1. The summed E-state index contributed by atoms with van der Waals surface area (Å²) in [6.07, 6.45) is 3.70. The number of hydrogen-bond donors (Lipinski definition) is 1. The molecule has 0 aromatic heterocycles. The van der Waals surface area contributed by atoms with Crippen LogP contribution >= 0.6 is 0 Å².